The fraction of sp³-hybridized carbons (Fsp3) is 0.294. The van der Waals surface area contributed by atoms with Crippen molar-refractivity contribution in [1.82, 2.24) is 10.2 Å². The zero-order valence-electron chi connectivity index (χ0n) is 14.0. The monoisotopic (exact) mass is 327 g/mol. The molecule has 2 N–H and O–H groups in total. The van der Waals surface area contributed by atoms with Crippen molar-refractivity contribution in [3.05, 3.63) is 64.4 Å². The maximum absolute atomic E-state index is 10.8. The smallest absolute Gasteiger partial charge is 0.269 e. The van der Waals surface area contributed by atoms with Crippen molar-refractivity contribution in [2.24, 2.45) is 4.99 Å². The first-order chi connectivity index (χ1) is 11.3. The van der Waals surface area contributed by atoms with E-state index in [9.17, 15) is 10.1 Å². The molecule has 0 aliphatic rings. The molecule has 0 atom stereocenters. The molecule has 1 aromatic carbocycles. The van der Waals surface area contributed by atoms with Gasteiger partial charge in [0.1, 0.15) is 5.84 Å². The third-order valence-electron chi connectivity index (χ3n) is 3.36. The van der Waals surface area contributed by atoms with Gasteiger partial charge in [-0.3, -0.25) is 20.2 Å². The van der Waals surface area contributed by atoms with E-state index in [1.54, 1.807) is 18.2 Å². The van der Waals surface area contributed by atoms with Gasteiger partial charge in [0.15, 0.2) is 5.82 Å². The van der Waals surface area contributed by atoms with Crippen LogP contribution in [-0.4, -0.2) is 27.5 Å². The summed E-state index contributed by atoms with van der Waals surface area (Å²) in [4.78, 5) is 14.8. The lowest BCUT2D eigenvalue weighted by atomic mass is 9.92. The first-order valence-corrected chi connectivity index (χ1v) is 7.54. The minimum atomic E-state index is -0.429. The first-order valence-electron chi connectivity index (χ1n) is 7.54. The molecule has 7 nitrogen and oxygen atoms in total. The van der Waals surface area contributed by atoms with Crippen LogP contribution in [0.2, 0.25) is 0 Å². The number of nitro benzene ring substituents is 1. The van der Waals surface area contributed by atoms with Crippen LogP contribution < -0.4 is 5.32 Å². The van der Waals surface area contributed by atoms with Crippen LogP contribution in [0.3, 0.4) is 0 Å². The van der Waals surface area contributed by atoms with E-state index in [1.807, 2.05) is 6.07 Å². The number of benzene rings is 1. The van der Waals surface area contributed by atoms with Crippen molar-refractivity contribution in [2.45, 2.75) is 26.2 Å². The third kappa shape index (κ3) is 4.28. The Morgan fingerprint density at radius 2 is 2.08 bits per heavy atom. The Balaban J connectivity index is 2.27. The summed E-state index contributed by atoms with van der Waals surface area (Å²) in [6.07, 6.45) is 1.68. The maximum Gasteiger partial charge on any atom is 0.269 e. The maximum atomic E-state index is 10.8. The van der Waals surface area contributed by atoms with Crippen LogP contribution in [-0.2, 0) is 5.41 Å². The Labute approximate surface area is 140 Å². The highest BCUT2D eigenvalue weighted by Crippen LogP contribution is 2.22. The van der Waals surface area contributed by atoms with Gasteiger partial charge in [0.2, 0.25) is 0 Å². The van der Waals surface area contributed by atoms with E-state index in [0.29, 0.717) is 18.2 Å². The van der Waals surface area contributed by atoms with Crippen molar-refractivity contribution in [2.75, 3.05) is 11.9 Å². The number of aliphatic imine (C=N–C) groups is 1. The van der Waals surface area contributed by atoms with E-state index in [0.717, 1.165) is 11.3 Å². The predicted octanol–water partition coefficient (Wildman–Crippen LogP) is 3.66. The molecule has 0 radical (unpaired) electrons. The standard InChI is InChI=1S/C17H21N5O2/c1-5-10-18-16(12-6-8-13(9-7-12)22(23)24)19-15-11-14(20-21-15)17(2,3)4/h5-9,11H,1,10H2,2-4H3,(H2,18,19,20,21). The molecule has 1 aromatic heterocycles. The van der Waals surface area contributed by atoms with Gasteiger partial charge in [-0.25, -0.2) is 0 Å². The number of aromatic amines is 1. The van der Waals surface area contributed by atoms with Crippen molar-refractivity contribution >= 4 is 17.3 Å². The quantitative estimate of drug-likeness (QED) is 0.288. The highest BCUT2D eigenvalue weighted by Gasteiger charge is 2.17. The summed E-state index contributed by atoms with van der Waals surface area (Å²) in [7, 11) is 0. The number of nitro groups is 1. The average Bonchev–Trinajstić information content (AvgIpc) is 3.00. The van der Waals surface area contributed by atoms with Crippen LogP contribution in [0.15, 0.2) is 48.0 Å². The second-order valence-corrected chi connectivity index (χ2v) is 6.32. The fourth-order valence-corrected chi connectivity index (χ4v) is 1.99. The van der Waals surface area contributed by atoms with Gasteiger partial charge in [0.05, 0.1) is 11.5 Å². The number of H-pyrrole nitrogens is 1. The molecule has 1 heterocycles. The van der Waals surface area contributed by atoms with E-state index in [-0.39, 0.29) is 11.1 Å². The molecule has 2 rings (SSSR count). The first kappa shape index (κ1) is 17.4. The second kappa shape index (κ2) is 7.08. The van der Waals surface area contributed by atoms with Gasteiger partial charge in [-0.2, -0.15) is 5.10 Å². The van der Waals surface area contributed by atoms with Gasteiger partial charge in [-0.1, -0.05) is 26.8 Å². The highest BCUT2D eigenvalue weighted by atomic mass is 16.6. The number of nitrogens with zero attached hydrogens (tertiary/aromatic N) is 3. The summed E-state index contributed by atoms with van der Waals surface area (Å²) in [6.45, 7) is 10.4. The lowest BCUT2D eigenvalue weighted by Gasteiger charge is -2.14. The van der Waals surface area contributed by atoms with Gasteiger partial charge >= 0.3 is 0 Å². The Hall–Kier alpha value is -2.96. The zero-order valence-corrected chi connectivity index (χ0v) is 14.0. The van der Waals surface area contributed by atoms with Crippen LogP contribution in [0.1, 0.15) is 32.0 Å². The minimum absolute atomic E-state index is 0.0385. The Kier molecular flexibility index (Phi) is 5.13. The lowest BCUT2D eigenvalue weighted by Crippen LogP contribution is -2.15. The number of aromatic nitrogens is 2. The molecule has 0 saturated carbocycles. The summed E-state index contributed by atoms with van der Waals surface area (Å²) in [5, 5.41) is 21.2. The molecule has 0 aliphatic heterocycles. The molecule has 126 valence electrons. The molecule has 7 heteroatoms. The SMILES string of the molecule is C=CCN=C(Nc1cc(C(C)(C)C)[nH]n1)c1ccc([N+](=O)[O-])cc1. The topological polar surface area (TPSA) is 96.2 Å². The number of hydrogen-bond acceptors (Lipinski definition) is 4. The predicted molar refractivity (Wildman–Crippen MR) is 95.6 cm³/mol. The van der Waals surface area contributed by atoms with Crippen LogP contribution in [0, 0.1) is 10.1 Å². The van der Waals surface area contributed by atoms with E-state index in [2.05, 4.69) is 47.9 Å². The van der Waals surface area contributed by atoms with Gasteiger partial charge in [-0.15, -0.1) is 6.58 Å². The van der Waals surface area contributed by atoms with E-state index in [4.69, 9.17) is 0 Å². The molecule has 0 fully saturated rings. The normalized spacial score (nSPS) is 12.0. The largest absolute Gasteiger partial charge is 0.323 e. The van der Waals surface area contributed by atoms with Crippen LogP contribution >= 0.6 is 0 Å². The third-order valence-corrected chi connectivity index (χ3v) is 3.36. The Bertz CT molecular complexity index is 754. The zero-order chi connectivity index (χ0) is 17.7. The average molecular weight is 327 g/mol. The number of hydrogen-bond donors (Lipinski definition) is 2. The molecule has 2 aromatic rings. The molecular weight excluding hydrogens is 306 g/mol. The number of non-ortho nitro benzene ring substituents is 1. The van der Waals surface area contributed by atoms with Crippen LogP contribution in [0.4, 0.5) is 11.5 Å². The fourth-order valence-electron chi connectivity index (χ4n) is 1.99. The van der Waals surface area contributed by atoms with Gasteiger partial charge in [-0.05, 0) is 12.1 Å². The number of amidine groups is 1. The van der Waals surface area contributed by atoms with E-state index >= 15 is 0 Å². The molecular formula is C17H21N5O2. The molecule has 24 heavy (non-hydrogen) atoms. The van der Waals surface area contributed by atoms with Gasteiger partial charge < -0.3 is 5.32 Å². The molecule has 0 unspecified atom stereocenters. The molecule has 0 amide bonds. The summed E-state index contributed by atoms with van der Waals surface area (Å²) in [5.74, 6) is 1.22. The Morgan fingerprint density at radius 3 is 2.58 bits per heavy atom. The summed E-state index contributed by atoms with van der Waals surface area (Å²) in [6, 6.07) is 8.14. The summed E-state index contributed by atoms with van der Waals surface area (Å²) >= 11 is 0. The highest BCUT2D eigenvalue weighted by molar-refractivity contribution is 6.08. The summed E-state index contributed by atoms with van der Waals surface area (Å²) < 4.78 is 0. The lowest BCUT2D eigenvalue weighted by molar-refractivity contribution is -0.384. The van der Waals surface area contributed by atoms with Gasteiger partial charge in [0.25, 0.3) is 5.69 Å². The minimum Gasteiger partial charge on any atom is -0.323 e. The molecule has 0 bridgehead atoms. The van der Waals surface area contributed by atoms with E-state index in [1.165, 1.54) is 12.1 Å². The van der Waals surface area contributed by atoms with Crippen LogP contribution in [0.5, 0.6) is 0 Å². The van der Waals surface area contributed by atoms with Crippen molar-refractivity contribution in [3.63, 3.8) is 0 Å². The van der Waals surface area contributed by atoms with Crippen molar-refractivity contribution in [3.8, 4) is 0 Å². The van der Waals surface area contributed by atoms with Crippen molar-refractivity contribution in [1.29, 1.82) is 0 Å². The van der Waals surface area contributed by atoms with E-state index < -0.39 is 4.92 Å². The number of nitrogens with one attached hydrogen (secondary N) is 2. The van der Waals surface area contributed by atoms with Crippen molar-refractivity contribution < 1.29 is 4.92 Å². The molecule has 0 spiro atoms. The molecule has 0 aliphatic carbocycles. The van der Waals surface area contributed by atoms with Gasteiger partial charge in [0, 0.05) is 34.9 Å². The van der Waals surface area contributed by atoms with Crippen LogP contribution in [0.25, 0.3) is 0 Å². The number of anilines is 1. The second-order valence-electron chi connectivity index (χ2n) is 6.32. The number of rotatable bonds is 5. The molecule has 0 saturated heterocycles. The summed E-state index contributed by atoms with van der Waals surface area (Å²) in [5.41, 5.74) is 1.73. The Morgan fingerprint density at radius 1 is 1.42 bits per heavy atom.